The van der Waals surface area contributed by atoms with Crippen LogP contribution < -0.4 is 10.5 Å². The summed E-state index contributed by atoms with van der Waals surface area (Å²) in [5.41, 5.74) is 6.38. The molecule has 0 saturated heterocycles. The first-order valence-electron chi connectivity index (χ1n) is 4.30. The van der Waals surface area contributed by atoms with Gasteiger partial charge >= 0.3 is 0 Å². The van der Waals surface area contributed by atoms with Gasteiger partial charge in [-0.25, -0.2) is 0 Å². The number of rotatable bonds is 5. The molecule has 0 bridgehead atoms. The molecule has 1 aromatic carbocycles. The zero-order chi connectivity index (χ0) is 9.52. The van der Waals surface area contributed by atoms with Gasteiger partial charge in [-0.05, 0) is 19.1 Å². The summed E-state index contributed by atoms with van der Waals surface area (Å²) in [5.74, 6) is 0.867. The van der Waals surface area contributed by atoms with E-state index in [-0.39, 0.29) is 6.73 Å². The molecular formula is C10H15NO2. The monoisotopic (exact) mass is 181 g/mol. The molecule has 3 heteroatoms. The van der Waals surface area contributed by atoms with Gasteiger partial charge in [0, 0.05) is 0 Å². The van der Waals surface area contributed by atoms with Gasteiger partial charge in [0.2, 0.25) is 0 Å². The third-order valence-corrected chi connectivity index (χ3v) is 1.64. The average Bonchev–Trinajstić information content (AvgIpc) is 2.15. The Bertz CT molecular complexity index is 233. The van der Waals surface area contributed by atoms with Crippen LogP contribution in [0.25, 0.3) is 0 Å². The fraction of sp³-hybridized carbons (Fsp3) is 0.400. The minimum Gasteiger partial charge on any atom is -0.491 e. The van der Waals surface area contributed by atoms with Crippen molar-refractivity contribution >= 4 is 0 Å². The quantitative estimate of drug-likeness (QED) is 0.550. The summed E-state index contributed by atoms with van der Waals surface area (Å²) in [5, 5.41) is 0. The number of hydrogen-bond donors (Lipinski definition) is 1. The minimum absolute atomic E-state index is 0.247. The van der Waals surface area contributed by atoms with E-state index in [4.69, 9.17) is 15.2 Å². The fourth-order valence-corrected chi connectivity index (χ4v) is 0.936. The Labute approximate surface area is 78.5 Å². The van der Waals surface area contributed by atoms with E-state index >= 15 is 0 Å². The predicted octanol–water partition coefficient (Wildman–Crippen LogP) is 1.31. The van der Waals surface area contributed by atoms with Crippen molar-refractivity contribution in [2.45, 2.75) is 6.92 Å². The predicted molar refractivity (Wildman–Crippen MR) is 51.7 cm³/mol. The third-order valence-electron chi connectivity index (χ3n) is 1.64. The highest BCUT2D eigenvalue weighted by atomic mass is 16.5. The second-order valence-corrected chi connectivity index (χ2v) is 2.74. The standard InChI is InChI=1S/C10H15NO2/c1-9-2-4-10(5-3-9)13-7-6-12-8-11/h2-5H,6-8,11H2,1H3. The van der Waals surface area contributed by atoms with Crippen molar-refractivity contribution in [1.82, 2.24) is 0 Å². The first-order chi connectivity index (χ1) is 6.33. The lowest BCUT2D eigenvalue weighted by Crippen LogP contribution is -2.11. The molecule has 0 fully saturated rings. The maximum Gasteiger partial charge on any atom is 0.119 e. The van der Waals surface area contributed by atoms with E-state index in [0.717, 1.165) is 5.75 Å². The van der Waals surface area contributed by atoms with Crippen molar-refractivity contribution < 1.29 is 9.47 Å². The molecule has 0 unspecified atom stereocenters. The van der Waals surface area contributed by atoms with Crippen LogP contribution in [0.5, 0.6) is 5.75 Å². The van der Waals surface area contributed by atoms with E-state index in [0.29, 0.717) is 13.2 Å². The Morgan fingerprint density at radius 2 is 1.85 bits per heavy atom. The van der Waals surface area contributed by atoms with Crippen LogP contribution in [-0.4, -0.2) is 19.9 Å². The second-order valence-electron chi connectivity index (χ2n) is 2.74. The summed E-state index contributed by atoms with van der Waals surface area (Å²) >= 11 is 0. The molecule has 13 heavy (non-hydrogen) atoms. The van der Waals surface area contributed by atoms with Crippen molar-refractivity contribution in [2.75, 3.05) is 19.9 Å². The Morgan fingerprint density at radius 3 is 2.46 bits per heavy atom. The highest BCUT2D eigenvalue weighted by Crippen LogP contribution is 2.10. The lowest BCUT2D eigenvalue weighted by Gasteiger charge is -2.05. The molecule has 0 aliphatic carbocycles. The molecule has 0 aromatic heterocycles. The molecule has 0 radical (unpaired) electrons. The zero-order valence-electron chi connectivity index (χ0n) is 7.82. The molecule has 0 aliphatic rings. The molecular weight excluding hydrogens is 166 g/mol. The topological polar surface area (TPSA) is 44.5 Å². The van der Waals surface area contributed by atoms with E-state index in [1.165, 1.54) is 5.56 Å². The lowest BCUT2D eigenvalue weighted by atomic mass is 10.2. The van der Waals surface area contributed by atoms with E-state index in [1.54, 1.807) is 0 Å². The molecule has 0 amide bonds. The van der Waals surface area contributed by atoms with Crippen LogP contribution in [0.2, 0.25) is 0 Å². The lowest BCUT2D eigenvalue weighted by molar-refractivity contribution is 0.105. The van der Waals surface area contributed by atoms with Crippen molar-refractivity contribution in [3.05, 3.63) is 29.8 Å². The largest absolute Gasteiger partial charge is 0.491 e. The third kappa shape index (κ3) is 3.92. The number of aryl methyl sites for hydroxylation is 1. The summed E-state index contributed by atoms with van der Waals surface area (Å²) in [7, 11) is 0. The Balaban J connectivity index is 2.25. The highest BCUT2D eigenvalue weighted by molar-refractivity contribution is 5.26. The molecule has 3 nitrogen and oxygen atoms in total. The van der Waals surface area contributed by atoms with E-state index in [9.17, 15) is 0 Å². The molecule has 0 saturated carbocycles. The Hall–Kier alpha value is -1.06. The summed E-state index contributed by atoms with van der Waals surface area (Å²) in [6.07, 6.45) is 0. The normalized spacial score (nSPS) is 10.0. The Morgan fingerprint density at radius 1 is 1.15 bits per heavy atom. The molecule has 0 heterocycles. The minimum atomic E-state index is 0.247. The zero-order valence-corrected chi connectivity index (χ0v) is 7.82. The van der Waals surface area contributed by atoms with Crippen LogP contribution in [0, 0.1) is 6.92 Å². The van der Waals surface area contributed by atoms with Crippen LogP contribution in [-0.2, 0) is 4.74 Å². The second kappa shape index (κ2) is 5.56. The van der Waals surface area contributed by atoms with Gasteiger partial charge in [0.1, 0.15) is 12.4 Å². The van der Waals surface area contributed by atoms with Crippen LogP contribution in [0.15, 0.2) is 24.3 Å². The van der Waals surface area contributed by atoms with Gasteiger partial charge in [-0.3, -0.25) is 0 Å². The van der Waals surface area contributed by atoms with E-state index in [2.05, 4.69) is 0 Å². The van der Waals surface area contributed by atoms with Gasteiger partial charge < -0.3 is 15.2 Å². The van der Waals surface area contributed by atoms with Crippen molar-refractivity contribution in [2.24, 2.45) is 5.73 Å². The van der Waals surface area contributed by atoms with Crippen LogP contribution in [0.1, 0.15) is 5.56 Å². The van der Waals surface area contributed by atoms with Crippen molar-refractivity contribution in [1.29, 1.82) is 0 Å². The van der Waals surface area contributed by atoms with Gasteiger partial charge in [0.15, 0.2) is 0 Å². The van der Waals surface area contributed by atoms with Crippen molar-refractivity contribution in [3.8, 4) is 5.75 Å². The maximum absolute atomic E-state index is 5.38. The smallest absolute Gasteiger partial charge is 0.119 e. The number of benzene rings is 1. The molecule has 0 atom stereocenters. The van der Waals surface area contributed by atoms with Gasteiger partial charge in [0.05, 0.1) is 13.3 Å². The fourth-order valence-electron chi connectivity index (χ4n) is 0.936. The molecule has 2 N–H and O–H groups in total. The van der Waals surface area contributed by atoms with Crippen molar-refractivity contribution in [3.63, 3.8) is 0 Å². The average molecular weight is 181 g/mol. The maximum atomic E-state index is 5.38. The number of nitrogens with two attached hydrogens (primary N) is 1. The van der Waals surface area contributed by atoms with E-state index in [1.807, 2.05) is 31.2 Å². The van der Waals surface area contributed by atoms with Gasteiger partial charge in [-0.15, -0.1) is 0 Å². The summed E-state index contributed by atoms with van der Waals surface area (Å²) < 4.78 is 10.3. The SMILES string of the molecule is Cc1ccc(OCCOCN)cc1. The summed E-state index contributed by atoms with van der Waals surface area (Å²) in [6.45, 7) is 3.36. The van der Waals surface area contributed by atoms with Gasteiger partial charge in [-0.1, -0.05) is 17.7 Å². The van der Waals surface area contributed by atoms with Crippen LogP contribution >= 0.6 is 0 Å². The molecule has 1 rings (SSSR count). The molecule has 0 spiro atoms. The van der Waals surface area contributed by atoms with Gasteiger partial charge in [0.25, 0.3) is 0 Å². The highest BCUT2D eigenvalue weighted by Gasteiger charge is 1.91. The first kappa shape index (κ1) is 10.0. The van der Waals surface area contributed by atoms with Crippen LogP contribution in [0.3, 0.4) is 0 Å². The molecule has 0 aliphatic heterocycles. The first-order valence-corrected chi connectivity index (χ1v) is 4.30. The van der Waals surface area contributed by atoms with Crippen LogP contribution in [0.4, 0.5) is 0 Å². The summed E-state index contributed by atoms with van der Waals surface area (Å²) in [4.78, 5) is 0. The summed E-state index contributed by atoms with van der Waals surface area (Å²) in [6, 6.07) is 7.91. The number of hydrogen-bond acceptors (Lipinski definition) is 3. The van der Waals surface area contributed by atoms with Gasteiger partial charge in [-0.2, -0.15) is 0 Å². The van der Waals surface area contributed by atoms with E-state index < -0.39 is 0 Å². The number of ether oxygens (including phenoxy) is 2. The Kier molecular flexibility index (Phi) is 4.29. The molecule has 1 aromatic rings. The molecule has 72 valence electrons.